The molecule has 1 aromatic heterocycles. The number of benzene rings is 2. The Labute approximate surface area is 176 Å². The van der Waals surface area contributed by atoms with Crippen molar-refractivity contribution in [3.8, 4) is 0 Å². The third kappa shape index (κ3) is 6.66. The largest absolute Gasteiger partial charge is 0.444 e. The van der Waals surface area contributed by atoms with Crippen LogP contribution in [0.2, 0.25) is 0 Å². The Hall–Kier alpha value is -3.26. The molecule has 3 aromatic rings. The van der Waals surface area contributed by atoms with Crippen LogP contribution in [0.5, 0.6) is 0 Å². The van der Waals surface area contributed by atoms with Gasteiger partial charge in [0.2, 0.25) is 0 Å². The molecule has 1 N–H and O–H groups in total. The third-order valence-corrected chi connectivity index (χ3v) is 4.13. The zero-order valence-corrected chi connectivity index (χ0v) is 17.5. The highest BCUT2D eigenvalue weighted by atomic mass is 16.6. The van der Waals surface area contributed by atoms with Crippen LogP contribution in [-0.2, 0) is 22.6 Å². The maximum Gasteiger partial charge on any atom is 0.408 e. The third-order valence-electron chi connectivity index (χ3n) is 4.13. The van der Waals surface area contributed by atoms with Crippen LogP contribution in [0.15, 0.2) is 60.7 Å². The van der Waals surface area contributed by atoms with E-state index >= 15 is 0 Å². The van der Waals surface area contributed by atoms with Crippen LogP contribution in [-0.4, -0.2) is 38.5 Å². The van der Waals surface area contributed by atoms with E-state index in [0.717, 1.165) is 11.1 Å². The van der Waals surface area contributed by atoms with E-state index in [-0.39, 0.29) is 6.61 Å². The minimum absolute atomic E-state index is 0.198. The predicted molar refractivity (Wildman–Crippen MR) is 112 cm³/mol. The van der Waals surface area contributed by atoms with Gasteiger partial charge in [-0.05, 0) is 42.3 Å². The minimum Gasteiger partial charge on any atom is -0.444 e. The quantitative estimate of drug-likeness (QED) is 0.612. The van der Waals surface area contributed by atoms with Crippen molar-refractivity contribution in [1.82, 2.24) is 25.5 Å². The molecular formula is C22H27N5O3. The highest BCUT2D eigenvalue weighted by Crippen LogP contribution is 2.15. The number of carbonyl (C=O) groups is 1. The molecule has 1 heterocycles. The molecule has 0 fully saturated rings. The van der Waals surface area contributed by atoms with Crippen molar-refractivity contribution in [1.29, 1.82) is 0 Å². The van der Waals surface area contributed by atoms with Gasteiger partial charge in [0, 0.05) is 0 Å². The summed E-state index contributed by atoms with van der Waals surface area (Å²) in [6, 6.07) is 19.1. The van der Waals surface area contributed by atoms with Crippen LogP contribution < -0.4 is 5.32 Å². The fourth-order valence-corrected chi connectivity index (χ4v) is 2.83. The molecule has 0 saturated carbocycles. The van der Waals surface area contributed by atoms with Crippen molar-refractivity contribution >= 4 is 6.09 Å². The summed E-state index contributed by atoms with van der Waals surface area (Å²) in [6.45, 7) is 6.53. The summed E-state index contributed by atoms with van der Waals surface area (Å²) in [4.78, 5) is 12.4. The average molecular weight is 409 g/mol. The fraction of sp³-hybridized carbons (Fsp3) is 0.364. The number of tetrazole rings is 1. The number of hydrogen-bond acceptors (Lipinski definition) is 6. The molecule has 0 bridgehead atoms. The van der Waals surface area contributed by atoms with Crippen LogP contribution in [0.1, 0.15) is 43.8 Å². The SMILES string of the molecule is CC(C)(C)OC(=O)N[C@H](COCc1ccccc1)c1nnnn1Cc1ccccc1. The second kappa shape index (κ2) is 9.98. The molecule has 1 amide bonds. The van der Waals surface area contributed by atoms with E-state index in [0.29, 0.717) is 19.0 Å². The summed E-state index contributed by atoms with van der Waals surface area (Å²) in [5, 5.41) is 14.9. The Morgan fingerprint density at radius 3 is 2.30 bits per heavy atom. The lowest BCUT2D eigenvalue weighted by Gasteiger charge is -2.23. The van der Waals surface area contributed by atoms with Gasteiger partial charge in [0.1, 0.15) is 11.6 Å². The molecule has 0 unspecified atom stereocenters. The van der Waals surface area contributed by atoms with Crippen molar-refractivity contribution in [3.05, 3.63) is 77.6 Å². The van der Waals surface area contributed by atoms with Crippen LogP contribution in [0.4, 0.5) is 4.79 Å². The lowest BCUT2D eigenvalue weighted by atomic mass is 10.2. The van der Waals surface area contributed by atoms with E-state index in [9.17, 15) is 4.79 Å². The molecule has 0 aliphatic carbocycles. The molecule has 3 rings (SSSR count). The summed E-state index contributed by atoms with van der Waals surface area (Å²) in [5.41, 5.74) is 1.47. The second-order valence-electron chi connectivity index (χ2n) is 7.88. The molecule has 8 nitrogen and oxygen atoms in total. The fourth-order valence-electron chi connectivity index (χ4n) is 2.83. The molecule has 0 radical (unpaired) electrons. The summed E-state index contributed by atoms with van der Waals surface area (Å²) in [6.07, 6.45) is -0.551. The number of alkyl carbamates (subject to hydrolysis) is 1. The van der Waals surface area contributed by atoms with Gasteiger partial charge < -0.3 is 14.8 Å². The normalized spacial score (nSPS) is 12.4. The molecule has 0 aliphatic heterocycles. The van der Waals surface area contributed by atoms with Crippen LogP contribution in [0.25, 0.3) is 0 Å². The van der Waals surface area contributed by atoms with Crippen LogP contribution >= 0.6 is 0 Å². The van der Waals surface area contributed by atoms with Gasteiger partial charge in [0.05, 0.1) is 19.8 Å². The van der Waals surface area contributed by atoms with Gasteiger partial charge in [-0.15, -0.1) is 5.10 Å². The van der Waals surface area contributed by atoms with E-state index in [4.69, 9.17) is 9.47 Å². The lowest BCUT2D eigenvalue weighted by Crippen LogP contribution is -2.38. The first-order valence-electron chi connectivity index (χ1n) is 9.82. The van der Waals surface area contributed by atoms with Crippen molar-refractivity contribution in [2.45, 2.75) is 45.6 Å². The van der Waals surface area contributed by atoms with Crippen molar-refractivity contribution in [3.63, 3.8) is 0 Å². The maximum absolute atomic E-state index is 12.4. The summed E-state index contributed by atoms with van der Waals surface area (Å²) >= 11 is 0. The molecule has 2 aromatic carbocycles. The summed E-state index contributed by atoms with van der Waals surface area (Å²) in [5.74, 6) is 0.498. The minimum atomic E-state index is -0.616. The molecule has 0 saturated heterocycles. The number of ether oxygens (including phenoxy) is 2. The number of hydrogen-bond donors (Lipinski definition) is 1. The van der Waals surface area contributed by atoms with E-state index in [2.05, 4.69) is 20.8 Å². The predicted octanol–water partition coefficient (Wildman–Crippen LogP) is 3.50. The van der Waals surface area contributed by atoms with Crippen LogP contribution in [0.3, 0.4) is 0 Å². The lowest BCUT2D eigenvalue weighted by molar-refractivity contribution is 0.0417. The van der Waals surface area contributed by atoms with Crippen molar-refractivity contribution in [2.24, 2.45) is 0 Å². The summed E-state index contributed by atoms with van der Waals surface area (Å²) < 4.78 is 12.9. The molecule has 0 spiro atoms. The monoisotopic (exact) mass is 409 g/mol. The van der Waals surface area contributed by atoms with E-state index in [1.807, 2.05) is 81.4 Å². The van der Waals surface area contributed by atoms with Crippen molar-refractivity contribution in [2.75, 3.05) is 6.61 Å². The van der Waals surface area contributed by atoms with Crippen molar-refractivity contribution < 1.29 is 14.3 Å². The second-order valence-corrected chi connectivity index (χ2v) is 7.88. The molecule has 0 aliphatic rings. The van der Waals surface area contributed by atoms with E-state index < -0.39 is 17.7 Å². The van der Waals surface area contributed by atoms with Gasteiger partial charge in [0.25, 0.3) is 0 Å². The molecular weight excluding hydrogens is 382 g/mol. The average Bonchev–Trinajstić information content (AvgIpc) is 3.15. The first-order valence-corrected chi connectivity index (χ1v) is 9.82. The Morgan fingerprint density at radius 1 is 1.03 bits per heavy atom. The van der Waals surface area contributed by atoms with E-state index in [1.165, 1.54) is 0 Å². The Bertz CT molecular complexity index is 923. The highest BCUT2D eigenvalue weighted by Gasteiger charge is 2.25. The zero-order valence-electron chi connectivity index (χ0n) is 17.5. The molecule has 1 atom stereocenters. The molecule has 30 heavy (non-hydrogen) atoms. The summed E-state index contributed by atoms with van der Waals surface area (Å²) in [7, 11) is 0. The number of nitrogens with zero attached hydrogens (tertiary/aromatic N) is 4. The standard InChI is InChI=1S/C22H27N5O3/c1-22(2,3)30-21(28)23-19(16-29-15-18-12-8-5-9-13-18)20-24-25-26-27(20)14-17-10-6-4-7-11-17/h4-13,19H,14-16H2,1-3H3,(H,23,28)/t19-/m1/s1. The smallest absolute Gasteiger partial charge is 0.408 e. The number of amides is 1. The Morgan fingerprint density at radius 2 is 1.67 bits per heavy atom. The first-order chi connectivity index (χ1) is 14.4. The van der Waals surface area contributed by atoms with Gasteiger partial charge >= 0.3 is 6.09 Å². The topological polar surface area (TPSA) is 91.2 Å². The zero-order chi connectivity index (χ0) is 21.4. The number of carbonyl (C=O) groups excluding carboxylic acids is 1. The van der Waals surface area contributed by atoms with E-state index in [1.54, 1.807) is 4.68 Å². The maximum atomic E-state index is 12.4. The molecule has 158 valence electrons. The van der Waals surface area contributed by atoms with Gasteiger partial charge in [-0.25, -0.2) is 9.48 Å². The Balaban J connectivity index is 1.73. The highest BCUT2D eigenvalue weighted by molar-refractivity contribution is 5.68. The Kier molecular flexibility index (Phi) is 7.13. The van der Waals surface area contributed by atoms with Crippen LogP contribution in [0, 0.1) is 0 Å². The van der Waals surface area contributed by atoms with Gasteiger partial charge in [-0.3, -0.25) is 0 Å². The van der Waals surface area contributed by atoms with Gasteiger partial charge in [-0.2, -0.15) is 0 Å². The van der Waals surface area contributed by atoms with Gasteiger partial charge in [-0.1, -0.05) is 60.7 Å². The first kappa shape index (κ1) is 21.4. The van der Waals surface area contributed by atoms with Gasteiger partial charge in [0.15, 0.2) is 5.82 Å². The molecule has 8 heteroatoms. The number of nitrogens with one attached hydrogen (secondary N) is 1. The number of aromatic nitrogens is 4. The number of rotatable bonds is 8.